The van der Waals surface area contributed by atoms with Crippen molar-refractivity contribution in [1.82, 2.24) is 5.32 Å². The highest BCUT2D eigenvalue weighted by Gasteiger charge is 2.54. The molecule has 0 aromatic heterocycles. The van der Waals surface area contributed by atoms with Crippen LogP contribution in [0.5, 0.6) is 11.5 Å². The van der Waals surface area contributed by atoms with E-state index in [2.05, 4.69) is 5.32 Å². The lowest BCUT2D eigenvalue weighted by Gasteiger charge is -2.46. The summed E-state index contributed by atoms with van der Waals surface area (Å²) in [6.07, 6.45) is 0.383. The monoisotopic (exact) mass is 387 g/mol. The van der Waals surface area contributed by atoms with Gasteiger partial charge in [0.1, 0.15) is 11.5 Å². The average Bonchev–Trinajstić information content (AvgIpc) is 2.60. The second-order valence-corrected chi connectivity index (χ2v) is 9.38. The van der Waals surface area contributed by atoms with Crippen LogP contribution < -0.4 is 14.8 Å². The zero-order valence-corrected chi connectivity index (χ0v) is 16.2. The van der Waals surface area contributed by atoms with E-state index in [-0.39, 0.29) is 4.90 Å². The Balaban J connectivity index is 1.84. The van der Waals surface area contributed by atoms with Crippen LogP contribution in [0, 0.1) is 6.92 Å². The highest BCUT2D eigenvalue weighted by atomic mass is 32.2. The van der Waals surface area contributed by atoms with E-state index in [4.69, 9.17) is 9.47 Å². The molecule has 1 fully saturated rings. The molecule has 7 heteroatoms. The van der Waals surface area contributed by atoms with Gasteiger partial charge in [-0.05, 0) is 37.6 Å². The normalized spacial score (nSPS) is 26.6. The quantitative estimate of drug-likeness (QED) is 0.875. The van der Waals surface area contributed by atoms with Gasteiger partial charge in [0.25, 0.3) is 0 Å². The first-order chi connectivity index (χ1) is 12.7. The molecule has 27 heavy (non-hydrogen) atoms. The SMILES string of the molecule is COc1ccc2c(c1)O[C@@]1(C)C[C@H]2[C@H](S(=O)(=O)c2ccc(C)cc2)C(=O)N1. The van der Waals surface area contributed by atoms with Crippen LogP contribution in [-0.2, 0) is 14.6 Å². The molecule has 2 aromatic carbocycles. The van der Waals surface area contributed by atoms with E-state index in [0.717, 1.165) is 5.56 Å². The molecule has 3 atom stereocenters. The van der Waals surface area contributed by atoms with Crippen molar-refractivity contribution < 1.29 is 22.7 Å². The Hall–Kier alpha value is -2.54. The van der Waals surface area contributed by atoms with Crippen molar-refractivity contribution in [1.29, 1.82) is 0 Å². The Labute approximate surface area is 158 Å². The number of piperidine rings is 1. The van der Waals surface area contributed by atoms with Crippen molar-refractivity contribution >= 4 is 15.7 Å². The van der Waals surface area contributed by atoms with Gasteiger partial charge >= 0.3 is 0 Å². The number of amides is 1. The topological polar surface area (TPSA) is 81.7 Å². The van der Waals surface area contributed by atoms with Gasteiger partial charge in [0.2, 0.25) is 5.91 Å². The van der Waals surface area contributed by atoms with E-state index >= 15 is 0 Å². The van der Waals surface area contributed by atoms with E-state index < -0.39 is 32.6 Å². The molecule has 0 radical (unpaired) electrons. The smallest absolute Gasteiger partial charge is 0.242 e. The molecule has 142 valence electrons. The minimum atomic E-state index is -3.86. The van der Waals surface area contributed by atoms with Crippen LogP contribution in [0.25, 0.3) is 0 Å². The number of aryl methyl sites for hydroxylation is 1. The van der Waals surface area contributed by atoms with Crippen molar-refractivity contribution in [2.24, 2.45) is 0 Å². The Morgan fingerprint density at radius 2 is 1.89 bits per heavy atom. The lowest BCUT2D eigenvalue weighted by atomic mass is 9.81. The number of carbonyl (C=O) groups excluding carboxylic acids is 1. The summed E-state index contributed by atoms with van der Waals surface area (Å²) in [6.45, 7) is 3.65. The van der Waals surface area contributed by atoms with Crippen LogP contribution in [0.2, 0.25) is 0 Å². The fourth-order valence-electron chi connectivity index (χ4n) is 3.94. The number of ether oxygens (including phenoxy) is 2. The largest absolute Gasteiger partial charge is 0.497 e. The number of sulfone groups is 1. The first-order valence-electron chi connectivity index (χ1n) is 8.73. The minimum Gasteiger partial charge on any atom is -0.497 e. The number of carbonyl (C=O) groups is 1. The minimum absolute atomic E-state index is 0.151. The van der Waals surface area contributed by atoms with Crippen LogP contribution in [0.4, 0.5) is 0 Å². The van der Waals surface area contributed by atoms with Crippen molar-refractivity contribution in [3.05, 3.63) is 53.6 Å². The molecule has 2 heterocycles. The number of rotatable bonds is 3. The summed E-state index contributed by atoms with van der Waals surface area (Å²) in [5, 5.41) is 1.55. The zero-order valence-electron chi connectivity index (χ0n) is 15.4. The van der Waals surface area contributed by atoms with Gasteiger partial charge in [-0.1, -0.05) is 23.8 Å². The summed E-state index contributed by atoms with van der Waals surface area (Å²) in [5.74, 6) is 0.124. The molecular weight excluding hydrogens is 366 g/mol. The molecule has 0 unspecified atom stereocenters. The Kier molecular flexibility index (Phi) is 3.96. The Bertz CT molecular complexity index is 1020. The van der Waals surface area contributed by atoms with Crippen LogP contribution in [0.3, 0.4) is 0 Å². The zero-order chi connectivity index (χ0) is 19.4. The fourth-order valence-corrected chi connectivity index (χ4v) is 5.77. The summed E-state index contributed by atoms with van der Waals surface area (Å²) in [4.78, 5) is 13.0. The third kappa shape index (κ3) is 2.86. The lowest BCUT2D eigenvalue weighted by molar-refractivity contribution is -0.132. The number of hydrogen-bond acceptors (Lipinski definition) is 5. The van der Waals surface area contributed by atoms with Crippen molar-refractivity contribution in [3.8, 4) is 11.5 Å². The molecule has 2 aromatic rings. The number of hydrogen-bond donors (Lipinski definition) is 1. The van der Waals surface area contributed by atoms with Gasteiger partial charge in [-0.15, -0.1) is 0 Å². The second kappa shape index (κ2) is 5.99. The van der Waals surface area contributed by atoms with Gasteiger partial charge in [0, 0.05) is 18.4 Å². The molecule has 0 aliphatic carbocycles. The van der Waals surface area contributed by atoms with Gasteiger partial charge < -0.3 is 14.8 Å². The third-order valence-electron chi connectivity index (χ3n) is 5.26. The summed E-state index contributed by atoms with van der Waals surface area (Å²) in [7, 11) is -2.31. The Morgan fingerprint density at radius 3 is 2.56 bits per heavy atom. The van der Waals surface area contributed by atoms with Gasteiger partial charge in [-0.2, -0.15) is 0 Å². The summed E-state index contributed by atoms with van der Waals surface area (Å²) < 4.78 is 37.9. The number of fused-ring (bicyclic) bond motifs is 4. The van der Waals surface area contributed by atoms with Gasteiger partial charge in [0.05, 0.1) is 12.0 Å². The number of methoxy groups -OCH3 is 1. The van der Waals surface area contributed by atoms with Crippen LogP contribution in [0.1, 0.15) is 30.4 Å². The molecule has 1 saturated heterocycles. The van der Waals surface area contributed by atoms with Crippen molar-refractivity contribution in [3.63, 3.8) is 0 Å². The molecule has 2 aliphatic rings. The molecule has 0 saturated carbocycles. The second-order valence-electron chi connectivity index (χ2n) is 7.32. The number of nitrogens with one attached hydrogen (secondary N) is 1. The van der Waals surface area contributed by atoms with Crippen molar-refractivity contribution in [2.75, 3.05) is 7.11 Å². The van der Waals surface area contributed by atoms with E-state index in [0.29, 0.717) is 23.5 Å². The number of benzene rings is 2. The highest BCUT2D eigenvalue weighted by Crippen LogP contribution is 2.48. The molecule has 1 amide bonds. The molecule has 2 aliphatic heterocycles. The van der Waals surface area contributed by atoms with Gasteiger partial charge in [0.15, 0.2) is 20.8 Å². The van der Waals surface area contributed by atoms with Crippen LogP contribution in [0.15, 0.2) is 47.4 Å². The predicted octanol–water partition coefficient (Wildman–Crippen LogP) is 2.56. The lowest BCUT2D eigenvalue weighted by Crippen LogP contribution is -2.63. The maximum atomic E-state index is 13.3. The van der Waals surface area contributed by atoms with Gasteiger partial charge in [-0.3, -0.25) is 4.79 Å². The van der Waals surface area contributed by atoms with Crippen molar-refractivity contribution in [2.45, 2.75) is 42.1 Å². The fraction of sp³-hybridized carbons (Fsp3) is 0.350. The summed E-state index contributed by atoms with van der Waals surface area (Å²) >= 11 is 0. The summed E-state index contributed by atoms with van der Waals surface area (Å²) in [6, 6.07) is 11.9. The molecule has 0 spiro atoms. The first kappa shape index (κ1) is 17.9. The maximum Gasteiger partial charge on any atom is 0.242 e. The van der Waals surface area contributed by atoms with E-state index in [1.807, 2.05) is 6.92 Å². The highest BCUT2D eigenvalue weighted by molar-refractivity contribution is 7.92. The van der Waals surface area contributed by atoms with E-state index in [9.17, 15) is 13.2 Å². The molecular formula is C20H21NO5S. The van der Waals surface area contributed by atoms with Gasteiger partial charge in [-0.25, -0.2) is 8.42 Å². The molecule has 1 N–H and O–H groups in total. The maximum absolute atomic E-state index is 13.3. The van der Waals surface area contributed by atoms with E-state index in [1.54, 1.807) is 56.5 Å². The molecule has 6 nitrogen and oxygen atoms in total. The predicted molar refractivity (Wildman–Crippen MR) is 99.7 cm³/mol. The average molecular weight is 387 g/mol. The van der Waals surface area contributed by atoms with E-state index in [1.165, 1.54) is 0 Å². The summed E-state index contributed by atoms with van der Waals surface area (Å²) in [5.41, 5.74) is 0.724. The van der Waals surface area contributed by atoms with Crippen LogP contribution in [-0.4, -0.2) is 32.4 Å². The van der Waals surface area contributed by atoms with Crippen LogP contribution >= 0.6 is 0 Å². The molecule has 2 bridgehead atoms. The Morgan fingerprint density at radius 1 is 1.19 bits per heavy atom. The third-order valence-corrected chi connectivity index (χ3v) is 7.40. The molecule has 4 rings (SSSR count). The standard InChI is InChI=1S/C20H21NO5S/c1-12-4-7-14(8-5-12)27(23,24)18-16-11-20(2,21-19(18)22)26-17-10-13(25-3)6-9-15(16)17/h4-10,16,18H,11H2,1-3H3,(H,21,22)/t16-,18+,20+/m1/s1. The first-order valence-corrected chi connectivity index (χ1v) is 10.3.